The van der Waals surface area contributed by atoms with E-state index in [4.69, 9.17) is 0 Å². The summed E-state index contributed by atoms with van der Waals surface area (Å²) in [5.41, 5.74) is 1.82. The summed E-state index contributed by atoms with van der Waals surface area (Å²) >= 11 is 0. The van der Waals surface area contributed by atoms with Crippen LogP contribution in [0.1, 0.15) is 45.5 Å². The summed E-state index contributed by atoms with van der Waals surface area (Å²) in [5, 5.41) is 11.3. The maximum atomic E-state index is 13.0. The van der Waals surface area contributed by atoms with Gasteiger partial charge >= 0.3 is 6.18 Å². The minimum absolute atomic E-state index is 0.0854. The van der Waals surface area contributed by atoms with E-state index in [1.54, 1.807) is 17.8 Å². The van der Waals surface area contributed by atoms with E-state index in [1.807, 2.05) is 13.0 Å². The largest absolute Gasteiger partial charge is 0.416 e. The van der Waals surface area contributed by atoms with Crippen LogP contribution in [-0.2, 0) is 19.8 Å². The molecule has 0 aliphatic rings. The molecule has 0 spiro atoms. The number of halogens is 3. The molecule has 1 N–H and O–H groups in total. The Labute approximate surface area is 186 Å². The lowest BCUT2D eigenvalue weighted by Crippen LogP contribution is -2.18. The summed E-state index contributed by atoms with van der Waals surface area (Å²) in [6.07, 6.45) is 0.936. The van der Waals surface area contributed by atoms with E-state index in [2.05, 4.69) is 59.4 Å². The van der Waals surface area contributed by atoms with Crippen LogP contribution in [0.2, 0.25) is 0 Å². The highest BCUT2D eigenvalue weighted by molar-refractivity contribution is 5.79. The lowest BCUT2D eigenvalue weighted by atomic mass is 9.91. The number of hydrogen-bond donors (Lipinski definition) is 1. The first-order valence-corrected chi connectivity index (χ1v) is 10.00. The van der Waals surface area contributed by atoms with Gasteiger partial charge in [-0.25, -0.2) is 0 Å². The Bertz CT molecular complexity index is 1040. The van der Waals surface area contributed by atoms with Gasteiger partial charge < -0.3 is 9.88 Å². The molecule has 32 heavy (non-hydrogen) atoms. The van der Waals surface area contributed by atoms with Gasteiger partial charge in [-0.1, -0.05) is 39.5 Å². The molecule has 0 atom stereocenters. The van der Waals surface area contributed by atoms with Gasteiger partial charge in [0.1, 0.15) is 5.69 Å². The van der Waals surface area contributed by atoms with Gasteiger partial charge in [0.05, 0.1) is 17.8 Å². The number of hydrogen-bond acceptors (Lipinski definition) is 5. The van der Waals surface area contributed by atoms with Crippen molar-refractivity contribution in [1.82, 2.24) is 25.1 Å². The molecule has 0 fully saturated rings. The predicted octanol–water partition coefficient (Wildman–Crippen LogP) is 5.47. The molecular weight excluding hydrogens is 417 g/mol. The topological polar surface area (TPSA) is 68.0 Å². The molecule has 172 valence electrons. The Morgan fingerprint density at radius 3 is 2.50 bits per heavy atom. The van der Waals surface area contributed by atoms with Crippen LogP contribution in [-0.4, -0.2) is 26.0 Å². The van der Waals surface area contributed by atoms with E-state index in [0.717, 1.165) is 41.7 Å². The van der Waals surface area contributed by atoms with Crippen molar-refractivity contribution in [3.63, 3.8) is 0 Å². The second kappa shape index (κ2) is 9.93. The van der Waals surface area contributed by atoms with Crippen LogP contribution in [0.5, 0.6) is 0 Å². The number of rotatable bonds is 8. The van der Waals surface area contributed by atoms with E-state index < -0.39 is 11.7 Å². The first-order valence-electron chi connectivity index (χ1n) is 10.00. The third-order valence-electron chi connectivity index (χ3n) is 4.21. The Morgan fingerprint density at radius 1 is 1.22 bits per heavy atom. The molecule has 2 aromatic rings. The first kappa shape index (κ1) is 25.0. The quantitative estimate of drug-likeness (QED) is 0.432. The van der Waals surface area contributed by atoms with Crippen molar-refractivity contribution < 1.29 is 13.2 Å². The zero-order valence-corrected chi connectivity index (χ0v) is 19.1. The van der Waals surface area contributed by atoms with Gasteiger partial charge in [0.25, 0.3) is 0 Å². The number of nitrogens with zero attached hydrogens (tertiary/aromatic N) is 5. The molecule has 0 saturated heterocycles. The van der Waals surface area contributed by atoms with Crippen LogP contribution < -0.4 is 5.32 Å². The number of alkyl halides is 3. The molecule has 9 heteroatoms. The van der Waals surface area contributed by atoms with Crippen molar-refractivity contribution in [2.24, 2.45) is 17.5 Å². The summed E-state index contributed by atoms with van der Waals surface area (Å²) in [4.78, 5) is 8.41. The fourth-order valence-electron chi connectivity index (χ4n) is 2.94. The second-order valence-electron chi connectivity index (χ2n) is 8.81. The van der Waals surface area contributed by atoms with Gasteiger partial charge in [-0.3, -0.25) is 9.98 Å². The molecule has 0 aliphatic heterocycles. The van der Waals surface area contributed by atoms with Crippen molar-refractivity contribution in [3.05, 3.63) is 65.9 Å². The SMILES string of the molecule is C=C(C)/C=C(\C=NCc1nnc(-c2cc(C(F)(F)F)ccn2)n1C)NC(=C)CC(C)(C)C. The minimum Gasteiger partial charge on any atom is -0.358 e. The van der Waals surface area contributed by atoms with Crippen molar-refractivity contribution in [2.45, 2.75) is 46.8 Å². The Hall–Kier alpha value is -3.23. The van der Waals surface area contributed by atoms with Crippen LogP contribution >= 0.6 is 0 Å². The van der Waals surface area contributed by atoms with Crippen LogP contribution in [0.4, 0.5) is 13.2 Å². The van der Waals surface area contributed by atoms with Crippen molar-refractivity contribution in [2.75, 3.05) is 0 Å². The molecule has 6 nitrogen and oxygen atoms in total. The second-order valence-corrected chi connectivity index (χ2v) is 8.81. The minimum atomic E-state index is -4.46. The standard InChI is InChI=1S/C23H29F3N6/c1-15(2)10-18(29-16(3)12-22(4,5)6)13-27-14-20-30-31-21(32(20)7)19-11-17(8-9-28-19)23(24,25)26/h8-11,13,29H,1,3,12,14H2,2,4-7H3/b18-10+,27-13?. The zero-order valence-electron chi connectivity index (χ0n) is 19.1. The molecule has 2 heterocycles. The van der Waals surface area contributed by atoms with Crippen molar-refractivity contribution in [1.29, 1.82) is 0 Å². The van der Waals surface area contributed by atoms with Gasteiger partial charge in [-0.2, -0.15) is 13.2 Å². The molecule has 0 amide bonds. The third kappa shape index (κ3) is 7.47. The summed E-state index contributed by atoms with van der Waals surface area (Å²) in [7, 11) is 1.66. The zero-order chi connectivity index (χ0) is 24.1. The highest BCUT2D eigenvalue weighted by Crippen LogP contribution is 2.30. The molecule has 0 bridgehead atoms. The summed E-state index contributed by atoms with van der Waals surface area (Å²) in [6.45, 7) is 16.4. The van der Waals surface area contributed by atoms with E-state index in [0.29, 0.717) is 5.82 Å². The molecule has 0 radical (unpaired) electrons. The van der Waals surface area contributed by atoms with E-state index in [-0.39, 0.29) is 23.5 Å². The summed E-state index contributed by atoms with van der Waals surface area (Å²) in [5.74, 6) is 0.717. The molecule has 0 aromatic carbocycles. The summed E-state index contributed by atoms with van der Waals surface area (Å²) in [6, 6.07) is 1.87. The molecule has 2 rings (SSSR count). The average Bonchev–Trinajstić information content (AvgIpc) is 2.99. The third-order valence-corrected chi connectivity index (χ3v) is 4.21. The van der Waals surface area contributed by atoms with Crippen molar-refractivity contribution >= 4 is 6.21 Å². The molecule has 0 unspecified atom stereocenters. The lowest BCUT2D eigenvalue weighted by Gasteiger charge is -2.21. The monoisotopic (exact) mass is 446 g/mol. The normalized spacial score (nSPS) is 12.9. The average molecular weight is 447 g/mol. The Balaban J connectivity index is 2.17. The maximum absolute atomic E-state index is 13.0. The van der Waals surface area contributed by atoms with Crippen LogP contribution in [0.3, 0.4) is 0 Å². The fourth-order valence-corrected chi connectivity index (χ4v) is 2.94. The van der Waals surface area contributed by atoms with Crippen LogP contribution in [0, 0.1) is 5.41 Å². The predicted molar refractivity (Wildman–Crippen MR) is 121 cm³/mol. The smallest absolute Gasteiger partial charge is 0.358 e. The first-order chi connectivity index (χ1) is 14.8. The number of pyridine rings is 1. The number of nitrogens with one attached hydrogen (secondary N) is 1. The fraction of sp³-hybridized carbons (Fsp3) is 0.391. The van der Waals surface area contributed by atoms with E-state index in [9.17, 15) is 13.2 Å². The van der Waals surface area contributed by atoms with Gasteiger partial charge in [0.15, 0.2) is 11.6 Å². The van der Waals surface area contributed by atoms with Gasteiger partial charge in [0, 0.05) is 25.2 Å². The van der Waals surface area contributed by atoms with Gasteiger partial charge in [0.2, 0.25) is 0 Å². The Kier molecular flexibility index (Phi) is 7.77. The van der Waals surface area contributed by atoms with Crippen LogP contribution in [0.15, 0.2) is 59.5 Å². The van der Waals surface area contributed by atoms with Gasteiger partial charge in [-0.05, 0) is 37.0 Å². The van der Waals surface area contributed by atoms with Crippen molar-refractivity contribution in [3.8, 4) is 11.5 Å². The van der Waals surface area contributed by atoms with Crippen LogP contribution in [0.25, 0.3) is 11.5 Å². The molecular formula is C23H29F3N6. The Morgan fingerprint density at radius 2 is 1.91 bits per heavy atom. The van der Waals surface area contributed by atoms with E-state index >= 15 is 0 Å². The molecule has 2 aromatic heterocycles. The van der Waals surface area contributed by atoms with E-state index in [1.165, 1.54) is 0 Å². The molecule has 0 aliphatic carbocycles. The number of aliphatic imine (C=N–C) groups is 1. The lowest BCUT2D eigenvalue weighted by molar-refractivity contribution is -0.137. The number of allylic oxidation sites excluding steroid dienone is 4. The summed E-state index contributed by atoms with van der Waals surface area (Å²) < 4.78 is 40.5. The maximum Gasteiger partial charge on any atom is 0.416 e. The highest BCUT2D eigenvalue weighted by Gasteiger charge is 2.31. The molecule has 0 saturated carbocycles. The van der Waals surface area contributed by atoms with Gasteiger partial charge in [-0.15, -0.1) is 10.2 Å². The highest BCUT2D eigenvalue weighted by atomic mass is 19.4. The number of aromatic nitrogens is 4.